The number of hydrogen-bond acceptors (Lipinski definition) is 3. The molecule has 4 nitrogen and oxygen atoms in total. The van der Waals surface area contributed by atoms with E-state index in [1.807, 2.05) is 0 Å². The van der Waals surface area contributed by atoms with Gasteiger partial charge in [0.2, 0.25) is 0 Å². The molecule has 0 fully saturated rings. The summed E-state index contributed by atoms with van der Waals surface area (Å²) in [6.07, 6.45) is 0.860. The van der Waals surface area contributed by atoms with E-state index in [0.717, 1.165) is 6.20 Å². The van der Waals surface area contributed by atoms with Gasteiger partial charge < -0.3 is 0 Å². The normalized spacial score (nSPS) is 10.8. The van der Waals surface area contributed by atoms with Crippen LogP contribution in [0.2, 0.25) is 5.02 Å². The highest BCUT2D eigenvalue weighted by Gasteiger charge is 2.20. The summed E-state index contributed by atoms with van der Waals surface area (Å²) in [7, 11) is 0. The van der Waals surface area contributed by atoms with Crippen LogP contribution in [0.25, 0.3) is 22.4 Å². The molecule has 0 spiro atoms. The van der Waals surface area contributed by atoms with E-state index in [4.69, 9.17) is 11.6 Å². The Bertz CT molecular complexity index is 939. The maximum Gasteiger partial charge on any atom is 0.274 e. The summed E-state index contributed by atoms with van der Waals surface area (Å²) in [4.78, 5) is 16.0. The first-order valence-corrected chi connectivity index (χ1v) is 7.02. The number of H-pyrrole nitrogens is 1. The van der Waals surface area contributed by atoms with Crippen molar-refractivity contribution in [1.82, 2.24) is 15.2 Å². The first-order valence-electron chi connectivity index (χ1n) is 6.64. The highest BCUT2D eigenvalue weighted by atomic mass is 35.5. The van der Waals surface area contributed by atoms with Crippen molar-refractivity contribution in [2.75, 3.05) is 0 Å². The van der Waals surface area contributed by atoms with Crippen LogP contribution in [0, 0.1) is 18.6 Å². The molecule has 1 N–H and O–H groups in total. The fourth-order valence-corrected chi connectivity index (χ4v) is 2.46. The number of rotatable bonds is 2. The van der Waals surface area contributed by atoms with Crippen LogP contribution in [0.3, 0.4) is 0 Å². The second kappa shape index (κ2) is 5.89. The molecule has 3 rings (SSSR count). The molecular weight excluding hydrogens is 324 g/mol. The standard InChI is InChI=1S/C16H10ClF2N3O/c1-8-13(9-2-4-10(17)5-3-9)14(16(23)22-21-8)15-12(19)6-11(18)7-20-15/h2-7H,1H3,(H,22,23). The van der Waals surface area contributed by atoms with E-state index >= 15 is 0 Å². The molecule has 0 atom stereocenters. The second-order valence-electron chi connectivity index (χ2n) is 4.88. The minimum absolute atomic E-state index is 0.00248. The second-order valence-corrected chi connectivity index (χ2v) is 5.32. The molecule has 0 aliphatic carbocycles. The largest absolute Gasteiger partial charge is 0.274 e. The summed E-state index contributed by atoms with van der Waals surface area (Å²) in [6.45, 7) is 1.67. The van der Waals surface area contributed by atoms with Crippen LogP contribution in [0.4, 0.5) is 8.78 Å². The molecule has 0 saturated carbocycles. The summed E-state index contributed by atoms with van der Waals surface area (Å²) in [5.74, 6) is -1.74. The zero-order valence-electron chi connectivity index (χ0n) is 11.9. The van der Waals surface area contributed by atoms with E-state index in [2.05, 4.69) is 15.2 Å². The van der Waals surface area contributed by atoms with Crippen LogP contribution in [0.5, 0.6) is 0 Å². The van der Waals surface area contributed by atoms with Gasteiger partial charge in [-0.25, -0.2) is 18.9 Å². The van der Waals surface area contributed by atoms with Crippen LogP contribution in [-0.2, 0) is 0 Å². The van der Waals surface area contributed by atoms with Gasteiger partial charge in [-0.1, -0.05) is 23.7 Å². The van der Waals surface area contributed by atoms with Gasteiger partial charge in [-0.05, 0) is 24.6 Å². The lowest BCUT2D eigenvalue weighted by atomic mass is 9.97. The molecule has 116 valence electrons. The predicted octanol–water partition coefficient (Wildman–Crippen LogP) is 3.74. The number of aromatic nitrogens is 3. The number of benzene rings is 1. The molecule has 0 aliphatic rings. The Balaban J connectivity index is 2.34. The molecule has 0 amide bonds. The van der Waals surface area contributed by atoms with E-state index in [-0.39, 0.29) is 11.3 Å². The van der Waals surface area contributed by atoms with Crippen molar-refractivity contribution in [3.05, 3.63) is 69.2 Å². The molecular formula is C16H10ClF2N3O. The SMILES string of the molecule is Cc1n[nH]c(=O)c(-c2ncc(F)cc2F)c1-c1ccc(Cl)cc1. The van der Waals surface area contributed by atoms with Crippen molar-refractivity contribution in [3.63, 3.8) is 0 Å². The van der Waals surface area contributed by atoms with Gasteiger partial charge in [0.05, 0.1) is 17.5 Å². The zero-order chi connectivity index (χ0) is 16.6. The highest BCUT2D eigenvalue weighted by molar-refractivity contribution is 6.30. The van der Waals surface area contributed by atoms with Crippen molar-refractivity contribution in [1.29, 1.82) is 0 Å². The van der Waals surface area contributed by atoms with Crippen LogP contribution < -0.4 is 5.56 Å². The number of aromatic amines is 1. The van der Waals surface area contributed by atoms with Gasteiger partial charge in [0.15, 0.2) is 5.82 Å². The molecule has 3 aromatic rings. The first-order chi connectivity index (χ1) is 11.0. The van der Waals surface area contributed by atoms with Crippen molar-refractivity contribution >= 4 is 11.6 Å². The maximum absolute atomic E-state index is 14.1. The third kappa shape index (κ3) is 2.85. The highest BCUT2D eigenvalue weighted by Crippen LogP contribution is 2.32. The molecule has 7 heteroatoms. The van der Waals surface area contributed by atoms with E-state index in [1.54, 1.807) is 31.2 Å². The Kier molecular flexibility index (Phi) is 3.92. The first kappa shape index (κ1) is 15.3. The van der Waals surface area contributed by atoms with Crippen molar-refractivity contribution in [2.45, 2.75) is 6.92 Å². The molecule has 23 heavy (non-hydrogen) atoms. The predicted molar refractivity (Wildman–Crippen MR) is 83.2 cm³/mol. The Morgan fingerprint density at radius 1 is 1.13 bits per heavy atom. The van der Waals surface area contributed by atoms with Gasteiger partial charge in [-0.3, -0.25) is 4.79 Å². The molecule has 0 unspecified atom stereocenters. The van der Waals surface area contributed by atoms with Crippen molar-refractivity contribution < 1.29 is 8.78 Å². The Labute approximate surface area is 134 Å². The molecule has 0 bridgehead atoms. The van der Waals surface area contributed by atoms with Gasteiger partial charge in [0.1, 0.15) is 11.5 Å². The number of hydrogen-bond donors (Lipinski definition) is 1. The topological polar surface area (TPSA) is 58.6 Å². The van der Waals surface area contributed by atoms with Gasteiger partial charge in [-0.2, -0.15) is 5.10 Å². The zero-order valence-corrected chi connectivity index (χ0v) is 12.7. The number of halogens is 3. The Morgan fingerprint density at radius 2 is 1.83 bits per heavy atom. The monoisotopic (exact) mass is 333 g/mol. The lowest BCUT2D eigenvalue weighted by Gasteiger charge is -2.11. The third-order valence-corrected chi connectivity index (χ3v) is 3.59. The van der Waals surface area contributed by atoms with E-state index < -0.39 is 17.2 Å². The molecule has 0 saturated heterocycles. The van der Waals surface area contributed by atoms with Crippen LogP contribution >= 0.6 is 11.6 Å². The Morgan fingerprint density at radius 3 is 2.48 bits per heavy atom. The van der Waals surface area contributed by atoms with Gasteiger partial charge >= 0.3 is 0 Å². The summed E-state index contributed by atoms with van der Waals surface area (Å²) in [5, 5.41) is 6.74. The summed E-state index contributed by atoms with van der Waals surface area (Å²) >= 11 is 5.87. The van der Waals surface area contributed by atoms with Crippen LogP contribution in [-0.4, -0.2) is 15.2 Å². The molecule has 2 heterocycles. The van der Waals surface area contributed by atoms with Crippen molar-refractivity contribution in [2.24, 2.45) is 0 Å². The van der Waals surface area contributed by atoms with Gasteiger partial charge in [0, 0.05) is 16.7 Å². The molecule has 2 aromatic heterocycles. The smallest absolute Gasteiger partial charge is 0.267 e. The molecule has 0 aliphatic heterocycles. The van der Waals surface area contributed by atoms with Crippen molar-refractivity contribution in [3.8, 4) is 22.4 Å². The fourth-order valence-electron chi connectivity index (χ4n) is 2.34. The summed E-state index contributed by atoms with van der Waals surface area (Å²) in [6, 6.07) is 7.36. The quantitative estimate of drug-likeness (QED) is 0.777. The average molecular weight is 334 g/mol. The van der Waals surface area contributed by atoms with Gasteiger partial charge in [-0.15, -0.1) is 0 Å². The number of pyridine rings is 1. The number of aryl methyl sites for hydroxylation is 1. The number of nitrogens with zero attached hydrogens (tertiary/aromatic N) is 2. The van der Waals surface area contributed by atoms with E-state index in [1.165, 1.54) is 0 Å². The molecule has 1 aromatic carbocycles. The van der Waals surface area contributed by atoms with E-state index in [0.29, 0.717) is 27.9 Å². The third-order valence-electron chi connectivity index (χ3n) is 3.34. The van der Waals surface area contributed by atoms with E-state index in [9.17, 15) is 13.6 Å². The minimum Gasteiger partial charge on any atom is -0.267 e. The van der Waals surface area contributed by atoms with Crippen LogP contribution in [0.1, 0.15) is 5.69 Å². The summed E-state index contributed by atoms with van der Waals surface area (Å²) < 4.78 is 27.2. The maximum atomic E-state index is 14.1. The fraction of sp³-hybridized carbons (Fsp3) is 0.0625. The summed E-state index contributed by atoms with van der Waals surface area (Å²) in [5.41, 5.74) is 0.681. The lowest BCUT2D eigenvalue weighted by molar-refractivity contribution is 0.576. The number of nitrogens with one attached hydrogen (secondary N) is 1. The lowest BCUT2D eigenvalue weighted by Crippen LogP contribution is -2.15. The van der Waals surface area contributed by atoms with Crippen LogP contribution in [0.15, 0.2) is 41.3 Å². The average Bonchev–Trinajstić information content (AvgIpc) is 2.51. The van der Waals surface area contributed by atoms with Gasteiger partial charge in [0.25, 0.3) is 5.56 Å². The minimum atomic E-state index is -0.920. The molecule has 0 radical (unpaired) electrons. The Hall–Kier alpha value is -2.60.